The van der Waals surface area contributed by atoms with E-state index in [1.807, 2.05) is 19.9 Å². The van der Waals surface area contributed by atoms with E-state index >= 15 is 0 Å². The molecule has 0 spiro atoms. The quantitative estimate of drug-likeness (QED) is 0.873. The maximum atomic E-state index is 12.3. The van der Waals surface area contributed by atoms with Crippen molar-refractivity contribution in [3.63, 3.8) is 0 Å². The van der Waals surface area contributed by atoms with Crippen molar-refractivity contribution in [2.75, 3.05) is 25.0 Å². The average Bonchev–Trinajstić information content (AvgIpc) is 2.55. The van der Waals surface area contributed by atoms with Crippen molar-refractivity contribution in [1.29, 1.82) is 0 Å². The summed E-state index contributed by atoms with van der Waals surface area (Å²) in [5.41, 5.74) is 6.60. The number of piperidine rings is 1. The summed E-state index contributed by atoms with van der Waals surface area (Å²) >= 11 is 0. The molecule has 1 fully saturated rings. The zero-order chi connectivity index (χ0) is 16.1. The van der Waals surface area contributed by atoms with Gasteiger partial charge in [0.15, 0.2) is 0 Å². The molecule has 0 radical (unpaired) electrons. The van der Waals surface area contributed by atoms with Crippen LogP contribution in [-0.4, -0.2) is 41.3 Å². The molecule has 1 aliphatic rings. The molecule has 6 nitrogen and oxygen atoms in total. The van der Waals surface area contributed by atoms with Gasteiger partial charge in [0, 0.05) is 31.7 Å². The molecule has 0 aliphatic carbocycles. The first kappa shape index (κ1) is 16.4. The lowest BCUT2D eigenvalue weighted by Gasteiger charge is -2.33. The molecule has 0 bridgehead atoms. The number of aromatic nitrogens is 1. The number of likely N-dealkylation sites (tertiary alicyclic amines) is 1. The number of anilines is 1. The lowest BCUT2D eigenvalue weighted by molar-refractivity contribution is -0.137. The zero-order valence-electron chi connectivity index (χ0n) is 13.2. The third-order valence-corrected chi connectivity index (χ3v) is 4.04. The first-order valence-corrected chi connectivity index (χ1v) is 7.73. The van der Waals surface area contributed by atoms with E-state index in [1.54, 1.807) is 17.2 Å². The molecule has 0 aromatic carbocycles. The van der Waals surface area contributed by atoms with Crippen LogP contribution in [0.4, 0.5) is 5.82 Å². The van der Waals surface area contributed by atoms with Crippen LogP contribution in [-0.2, 0) is 9.59 Å². The van der Waals surface area contributed by atoms with E-state index in [-0.39, 0.29) is 23.7 Å². The third kappa shape index (κ3) is 4.04. The summed E-state index contributed by atoms with van der Waals surface area (Å²) in [5.74, 6) is 0.128. The summed E-state index contributed by atoms with van der Waals surface area (Å²) in [4.78, 5) is 30.5. The standard InChI is InChI=1S/C16H24N4O2/c1-11-5-6-14(18-9-11)19-15(21)13-4-3-7-20(10-13)16(22)12(2)8-17/h5-6,9,12-13H,3-4,7-8,10,17H2,1-2H3,(H,18,19,21). The fourth-order valence-electron chi connectivity index (χ4n) is 2.57. The average molecular weight is 304 g/mol. The van der Waals surface area contributed by atoms with Crippen molar-refractivity contribution >= 4 is 17.6 Å². The normalized spacial score (nSPS) is 19.6. The van der Waals surface area contributed by atoms with Gasteiger partial charge in [-0.1, -0.05) is 13.0 Å². The molecule has 1 aromatic heterocycles. The van der Waals surface area contributed by atoms with Crippen LogP contribution in [0.1, 0.15) is 25.3 Å². The zero-order valence-corrected chi connectivity index (χ0v) is 13.2. The maximum absolute atomic E-state index is 12.3. The molecular weight excluding hydrogens is 280 g/mol. The highest BCUT2D eigenvalue weighted by atomic mass is 16.2. The molecule has 2 atom stereocenters. The molecule has 1 saturated heterocycles. The van der Waals surface area contributed by atoms with Crippen LogP contribution in [0.25, 0.3) is 0 Å². The highest BCUT2D eigenvalue weighted by Crippen LogP contribution is 2.20. The summed E-state index contributed by atoms with van der Waals surface area (Å²) in [5, 5.41) is 2.83. The van der Waals surface area contributed by atoms with Crippen molar-refractivity contribution in [2.45, 2.75) is 26.7 Å². The van der Waals surface area contributed by atoms with Crippen molar-refractivity contribution in [2.24, 2.45) is 17.6 Å². The van der Waals surface area contributed by atoms with E-state index in [0.717, 1.165) is 18.4 Å². The molecular formula is C16H24N4O2. The Morgan fingerprint density at radius 1 is 1.50 bits per heavy atom. The Kier molecular flexibility index (Phi) is 5.49. The smallest absolute Gasteiger partial charge is 0.230 e. The molecule has 0 saturated carbocycles. The number of amides is 2. The number of carbonyl (C=O) groups is 2. The van der Waals surface area contributed by atoms with Gasteiger partial charge >= 0.3 is 0 Å². The van der Waals surface area contributed by atoms with Gasteiger partial charge in [-0.25, -0.2) is 4.98 Å². The van der Waals surface area contributed by atoms with Gasteiger partial charge < -0.3 is 16.0 Å². The Bertz CT molecular complexity index is 529. The molecule has 1 aliphatic heterocycles. The van der Waals surface area contributed by atoms with Crippen molar-refractivity contribution in [3.8, 4) is 0 Å². The van der Waals surface area contributed by atoms with Gasteiger partial charge in [0.05, 0.1) is 5.92 Å². The summed E-state index contributed by atoms with van der Waals surface area (Å²) in [6, 6.07) is 3.69. The number of aryl methyl sites for hydroxylation is 1. The summed E-state index contributed by atoms with van der Waals surface area (Å²) in [7, 11) is 0. The number of rotatable bonds is 4. The minimum absolute atomic E-state index is 0.0356. The first-order valence-electron chi connectivity index (χ1n) is 7.73. The van der Waals surface area contributed by atoms with E-state index in [2.05, 4.69) is 10.3 Å². The highest BCUT2D eigenvalue weighted by Gasteiger charge is 2.30. The van der Waals surface area contributed by atoms with E-state index < -0.39 is 0 Å². The number of hydrogen-bond acceptors (Lipinski definition) is 4. The van der Waals surface area contributed by atoms with E-state index in [4.69, 9.17) is 5.73 Å². The molecule has 1 aromatic rings. The monoisotopic (exact) mass is 304 g/mol. The van der Waals surface area contributed by atoms with Crippen LogP contribution < -0.4 is 11.1 Å². The fraction of sp³-hybridized carbons (Fsp3) is 0.562. The lowest BCUT2D eigenvalue weighted by Crippen LogP contribution is -2.46. The molecule has 2 heterocycles. The number of nitrogens with one attached hydrogen (secondary N) is 1. The van der Waals surface area contributed by atoms with Gasteiger partial charge in [0.2, 0.25) is 11.8 Å². The van der Waals surface area contributed by atoms with Gasteiger partial charge in [0.1, 0.15) is 5.82 Å². The molecule has 22 heavy (non-hydrogen) atoms. The van der Waals surface area contributed by atoms with E-state index in [9.17, 15) is 9.59 Å². The number of nitrogens with two attached hydrogens (primary N) is 1. The second kappa shape index (κ2) is 7.35. The Labute approximate surface area is 131 Å². The predicted octanol–water partition coefficient (Wildman–Crippen LogP) is 1.16. The van der Waals surface area contributed by atoms with Crippen LogP contribution in [0.5, 0.6) is 0 Å². The minimum Gasteiger partial charge on any atom is -0.342 e. The molecule has 2 amide bonds. The maximum Gasteiger partial charge on any atom is 0.230 e. The van der Waals surface area contributed by atoms with E-state index in [1.165, 1.54) is 0 Å². The van der Waals surface area contributed by atoms with Gasteiger partial charge in [-0.05, 0) is 31.4 Å². The Morgan fingerprint density at radius 3 is 2.91 bits per heavy atom. The van der Waals surface area contributed by atoms with E-state index in [0.29, 0.717) is 25.5 Å². The Hall–Kier alpha value is -1.95. The molecule has 6 heteroatoms. The first-order chi connectivity index (χ1) is 10.5. The number of pyridine rings is 1. The Balaban J connectivity index is 1.95. The largest absolute Gasteiger partial charge is 0.342 e. The number of nitrogens with zero attached hydrogens (tertiary/aromatic N) is 2. The summed E-state index contributed by atoms with van der Waals surface area (Å²) < 4.78 is 0. The number of hydrogen-bond donors (Lipinski definition) is 2. The fourth-order valence-corrected chi connectivity index (χ4v) is 2.57. The minimum atomic E-state index is -0.194. The van der Waals surface area contributed by atoms with Gasteiger partial charge in [-0.15, -0.1) is 0 Å². The van der Waals surface area contributed by atoms with Crippen LogP contribution in [0.2, 0.25) is 0 Å². The van der Waals surface area contributed by atoms with Crippen LogP contribution in [0.3, 0.4) is 0 Å². The number of carbonyl (C=O) groups excluding carboxylic acids is 2. The lowest BCUT2D eigenvalue weighted by atomic mass is 9.96. The topological polar surface area (TPSA) is 88.3 Å². The van der Waals surface area contributed by atoms with Crippen LogP contribution in [0.15, 0.2) is 18.3 Å². The molecule has 3 N–H and O–H groups in total. The van der Waals surface area contributed by atoms with Crippen LogP contribution >= 0.6 is 0 Å². The van der Waals surface area contributed by atoms with Crippen molar-refractivity contribution < 1.29 is 9.59 Å². The second-order valence-corrected chi connectivity index (χ2v) is 5.97. The van der Waals surface area contributed by atoms with Gasteiger partial charge in [-0.3, -0.25) is 9.59 Å². The highest BCUT2D eigenvalue weighted by molar-refractivity contribution is 5.92. The second-order valence-electron chi connectivity index (χ2n) is 5.97. The van der Waals surface area contributed by atoms with Crippen molar-refractivity contribution in [3.05, 3.63) is 23.9 Å². The van der Waals surface area contributed by atoms with Crippen LogP contribution in [0, 0.1) is 18.8 Å². The molecule has 120 valence electrons. The Morgan fingerprint density at radius 2 is 2.27 bits per heavy atom. The van der Waals surface area contributed by atoms with Gasteiger partial charge in [-0.2, -0.15) is 0 Å². The SMILES string of the molecule is Cc1ccc(NC(=O)C2CCCN(C(=O)C(C)CN)C2)nc1. The van der Waals surface area contributed by atoms with Gasteiger partial charge in [0.25, 0.3) is 0 Å². The third-order valence-electron chi connectivity index (χ3n) is 4.04. The molecule has 2 rings (SSSR count). The predicted molar refractivity (Wildman–Crippen MR) is 85.1 cm³/mol. The summed E-state index contributed by atoms with van der Waals surface area (Å²) in [6.45, 7) is 5.26. The summed E-state index contributed by atoms with van der Waals surface area (Å²) in [6.07, 6.45) is 3.34. The van der Waals surface area contributed by atoms with Crippen molar-refractivity contribution in [1.82, 2.24) is 9.88 Å². The molecule has 2 unspecified atom stereocenters.